The molecule has 134 valence electrons. The van der Waals surface area contributed by atoms with Crippen LogP contribution in [0.5, 0.6) is 0 Å². The van der Waals surface area contributed by atoms with Gasteiger partial charge in [-0.05, 0) is 50.9 Å². The molecular weight excluding hydrogens is 316 g/mol. The second-order valence-corrected chi connectivity index (χ2v) is 7.62. The van der Waals surface area contributed by atoms with Gasteiger partial charge in [-0.15, -0.1) is 0 Å². The van der Waals surface area contributed by atoms with Crippen molar-refractivity contribution >= 4 is 11.8 Å². The van der Waals surface area contributed by atoms with Crippen LogP contribution in [0.3, 0.4) is 0 Å². The summed E-state index contributed by atoms with van der Waals surface area (Å²) in [5.41, 5.74) is 0.489. The molecule has 2 amide bonds. The fourth-order valence-electron chi connectivity index (χ4n) is 4.59. The molecule has 1 aromatic heterocycles. The average Bonchev–Trinajstić information content (AvgIpc) is 3.24. The van der Waals surface area contributed by atoms with Gasteiger partial charge in [0.2, 0.25) is 5.91 Å². The predicted octanol–water partition coefficient (Wildman–Crippen LogP) is 1.10. The lowest BCUT2D eigenvalue weighted by atomic mass is 9.95. The second-order valence-electron chi connectivity index (χ2n) is 7.62. The third-order valence-electron chi connectivity index (χ3n) is 6.15. The molecule has 3 saturated heterocycles. The SMILES string of the molecule is CN1CC[C@@H]2CN(C(=O)C3CCN(C(=O)c4ccccn4)CC3)C[C@@H]21. The van der Waals surface area contributed by atoms with Gasteiger partial charge in [0.1, 0.15) is 5.69 Å². The van der Waals surface area contributed by atoms with Gasteiger partial charge in [-0.3, -0.25) is 14.6 Å². The Morgan fingerprint density at radius 3 is 2.52 bits per heavy atom. The van der Waals surface area contributed by atoms with Crippen LogP contribution < -0.4 is 0 Å². The number of pyridine rings is 1. The molecule has 6 heteroatoms. The van der Waals surface area contributed by atoms with Crippen molar-refractivity contribution in [1.29, 1.82) is 0 Å². The van der Waals surface area contributed by atoms with Gasteiger partial charge >= 0.3 is 0 Å². The van der Waals surface area contributed by atoms with Gasteiger partial charge < -0.3 is 14.7 Å². The van der Waals surface area contributed by atoms with Crippen LogP contribution in [-0.2, 0) is 4.79 Å². The molecule has 4 heterocycles. The quantitative estimate of drug-likeness (QED) is 0.808. The molecule has 4 rings (SSSR count). The molecule has 3 aliphatic heterocycles. The zero-order valence-electron chi connectivity index (χ0n) is 14.8. The number of carbonyl (C=O) groups is 2. The smallest absolute Gasteiger partial charge is 0.272 e. The van der Waals surface area contributed by atoms with E-state index in [-0.39, 0.29) is 11.8 Å². The Bertz CT molecular complexity index is 642. The lowest BCUT2D eigenvalue weighted by molar-refractivity contribution is -0.136. The van der Waals surface area contributed by atoms with E-state index in [2.05, 4.69) is 21.8 Å². The molecule has 0 aromatic carbocycles. The van der Waals surface area contributed by atoms with Gasteiger partial charge in [0, 0.05) is 44.3 Å². The van der Waals surface area contributed by atoms with Crippen LogP contribution in [0.4, 0.5) is 0 Å². The highest BCUT2D eigenvalue weighted by Gasteiger charge is 2.42. The summed E-state index contributed by atoms with van der Waals surface area (Å²) in [6.45, 7) is 4.25. The van der Waals surface area contributed by atoms with E-state index in [4.69, 9.17) is 0 Å². The lowest BCUT2D eigenvalue weighted by Gasteiger charge is -2.33. The van der Waals surface area contributed by atoms with Gasteiger partial charge in [-0.1, -0.05) is 6.07 Å². The van der Waals surface area contributed by atoms with Gasteiger partial charge in [0.15, 0.2) is 0 Å². The van der Waals surface area contributed by atoms with Crippen molar-refractivity contribution in [3.8, 4) is 0 Å². The monoisotopic (exact) mass is 342 g/mol. The summed E-state index contributed by atoms with van der Waals surface area (Å²) in [5.74, 6) is 0.994. The third-order valence-corrected chi connectivity index (χ3v) is 6.15. The molecule has 0 N–H and O–H groups in total. The normalized spacial score (nSPS) is 27.6. The van der Waals surface area contributed by atoms with E-state index in [1.807, 2.05) is 17.0 Å². The largest absolute Gasteiger partial charge is 0.341 e. The molecule has 0 radical (unpaired) electrons. The van der Waals surface area contributed by atoms with E-state index in [9.17, 15) is 9.59 Å². The second kappa shape index (κ2) is 6.75. The summed E-state index contributed by atoms with van der Waals surface area (Å²) in [6.07, 6.45) is 4.38. The summed E-state index contributed by atoms with van der Waals surface area (Å²) < 4.78 is 0. The fraction of sp³-hybridized carbons (Fsp3) is 0.632. The van der Waals surface area contributed by atoms with Gasteiger partial charge in [-0.2, -0.15) is 0 Å². The number of carbonyl (C=O) groups excluding carboxylic acids is 2. The van der Waals surface area contributed by atoms with Gasteiger partial charge in [0.25, 0.3) is 5.91 Å². The van der Waals surface area contributed by atoms with Crippen LogP contribution in [-0.4, -0.2) is 77.3 Å². The van der Waals surface area contributed by atoms with Crippen LogP contribution in [0.1, 0.15) is 29.8 Å². The average molecular weight is 342 g/mol. The minimum Gasteiger partial charge on any atom is -0.341 e. The van der Waals surface area contributed by atoms with Gasteiger partial charge in [-0.25, -0.2) is 0 Å². The maximum Gasteiger partial charge on any atom is 0.272 e. The molecule has 1 aromatic rings. The number of amides is 2. The number of fused-ring (bicyclic) bond motifs is 1. The van der Waals surface area contributed by atoms with Crippen LogP contribution in [0, 0.1) is 11.8 Å². The first-order valence-corrected chi connectivity index (χ1v) is 9.33. The van der Waals surface area contributed by atoms with E-state index in [1.165, 1.54) is 6.42 Å². The number of hydrogen-bond acceptors (Lipinski definition) is 4. The van der Waals surface area contributed by atoms with E-state index < -0.39 is 0 Å². The summed E-state index contributed by atoms with van der Waals surface area (Å²) in [4.78, 5) is 35.8. The Labute approximate surface area is 148 Å². The molecular formula is C19H26N4O2. The Hall–Kier alpha value is -1.95. The van der Waals surface area contributed by atoms with E-state index in [0.717, 1.165) is 32.5 Å². The maximum absolute atomic E-state index is 12.9. The van der Waals surface area contributed by atoms with Crippen LogP contribution in [0.25, 0.3) is 0 Å². The topological polar surface area (TPSA) is 56.8 Å². The highest BCUT2D eigenvalue weighted by molar-refractivity contribution is 5.92. The Kier molecular flexibility index (Phi) is 4.46. The fourth-order valence-corrected chi connectivity index (χ4v) is 4.59. The molecule has 0 spiro atoms. The van der Waals surface area contributed by atoms with Crippen molar-refractivity contribution in [2.75, 3.05) is 39.8 Å². The standard InChI is InChI=1S/C19H26N4O2/c1-21-9-5-15-12-23(13-17(15)21)18(24)14-6-10-22(11-7-14)19(25)16-4-2-3-8-20-16/h2-4,8,14-15,17H,5-7,9-13H2,1H3/t15-,17+/m1/s1. The Balaban J connectivity index is 1.32. The molecule has 0 aliphatic carbocycles. The first kappa shape index (κ1) is 16.5. The van der Waals surface area contributed by atoms with E-state index >= 15 is 0 Å². The molecule has 0 unspecified atom stereocenters. The van der Waals surface area contributed by atoms with Crippen molar-refractivity contribution in [1.82, 2.24) is 19.7 Å². The van der Waals surface area contributed by atoms with Crippen molar-refractivity contribution in [2.45, 2.75) is 25.3 Å². The van der Waals surface area contributed by atoms with Crippen molar-refractivity contribution in [2.24, 2.45) is 11.8 Å². The summed E-state index contributed by atoms with van der Waals surface area (Å²) in [5, 5.41) is 0. The van der Waals surface area contributed by atoms with Crippen LogP contribution in [0.15, 0.2) is 24.4 Å². The number of rotatable bonds is 2. The van der Waals surface area contributed by atoms with E-state index in [1.54, 1.807) is 12.3 Å². The molecule has 3 fully saturated rings. The van der Waals surface area contributed by atoms with Gasteiger partial charge in [0.05, 0.1) is 0 Å². The summed E-state index contributed by atoms with van der Waals surface area (Å²) in [7, 11) is 2.17. The minimum absolute atomic E-state index is 0.0242. The molecule has 3 aliphatic rings. The molecule has 0 saturated carbocycles. The number of likely N-dealkylation sites (N-methyl/N-ethyl adjacent to an activating group) is 1. The number of likely N-dealkylation sites (tertiary alicyclic amines) is 3. The van der Waals surface area contributed by atoms with Crippen molar-refractivity contribution in [3.05, 3.63) is 30.1 Å². The lowest BCUT2D eigenvalue weighted by Crippen LogP contribution is -2.44. The Morgan fingerprint density at radius 1 is 1.04 bits per heavy atom. The van der Waals surface area contributed by atoms with Crippen molar-refractivity contribution < 1.29 is 9.59 Å². The zero-order valence-corrected chi connectivity index (χ0v) is 14.8. The van der Waals surface area contributed by atoms with Crippen LogP contribution >= 0.6 is 0 Å². The molecule has 6 nitrogen and oxygen atoms in total. The highest BCUT2D eigenvalue weighted by Crippen LogP contribution is 2.32. The summed E-state index contributed by atoms with van der Waals surface area (Å²) in [6, 6.07) is 5.94. The number of piperidine rings is 1. The Morgan fingerprint density at radius 2 is 1.84 bits per heavy atom. The minimum atomic E-state index is -0.0242. The molecule has 2 atom stereocenters. The first-order chi connectivity index (χ1) is 12.1. The maximum atomic E-state index is 12.9. The van der Waals surface area contributed by atoms with Crippen molar-refractivity contribution in [3.63, 3.8) is 0 Å². The van der Waals surface area contributed by atoms with Crippen LogP contribution in [0.2, 0.25) is 0 Å². The molecule has 25 heavy (non-hydrogen) atoms. The number of nitrogens with zero attached hydrogens (tertiary/aromatic N) is 4. The zero-order chi connectivity index (χ0) is 17.4. The number of aromatic nitrogens is 1. The van der Waals surface area contributed by atoms with E-state index in [0.29, 0.717) is 36.7 Å². The molecule has 0 bridgehead atoms. The predicted molar refractivity (Wildman–Crippen MR) is 94.0 cm³/mol. The summed E-state index contributed by atoms with van der Waals surface area (Å²) >= 11 is 0. The highest BCUT2D eigenvalue weighted by atomic mass is 16.2. The first-order valence-electron chi connectivity index (χ1n) is 9.33. The third kappa shape index (κ3) is 3.15. The number of hydrogen-bond donors (Lipinski definition) is 0.